The van der Waals surface area contributed by atoms with Crippen LogP contribution in [0, 0.1) is 0 Å². The van der Waals surface area contributed by atoms with Gasteiger partial charge in [0.2, 0.25) is 0 Å². The van der Waals surface area contributed by atoms with E-state index in [1.807, 2.05) is 43.5 Å². The number of nitrogens with zero attached hydrogens (tertiary/aromatic N) is 2. The van der Waals surface area contributed by atoms with E-state index in [9.17, 15) is 4.79 Å². The summed E-state index contributed by atoms with van der Waals surface area (Å²) in [5.41, 5.74) is 4.13. The fourth-order valence-corrected chi connectivity index (χ4v) is 3.21. The predicted molar refractivity (Wildman–Crippen MR) is 101 cm³/mol. The molecule has 0 saturated heterocycles. The number of carbonyl (C=O) groups excluding carboxylic acids is 1. The molecule has 0 aliphatic carbocycles. The largest absolute Gasteiger partial charge is 0.370 e. The Hall–Kier alpha value is -2.20. The molecule has 0 unspecified atom stereocenters. The molecule has 0 bridgehead atoms. The number of benzene rings is 1. The first-order valence-corrected chi connectivity index (χ1v) is 8.98. The normalized spacial score (nSPS) is 14.0. The molecule has 2 aromatic rings. The van der Waals surface area contributed by atoms with E-state index < -0.39 is 0 Å². The topological polar surface area (TPSA) is 54.4 Å². The van der Waals surface area contributed by atoms with Crippen LogP contribution < -0.4 is 5.32 Å². The van der Waals surface area contributed by atoms with Crippen molar-refractivity contribution >= 4 is 23.2 Å². The van der Waals surface area contributed by atoms with E-state index in [4.69, 9.17) is 11.6 Å². The van der Waals surface area contributed by atoms with Gasteiger partial charge in [0.1, 0.15) is 11.6 Å². The molecule has 130 valence electrons. The summed E-state index contributed by atoms with van der Waals surface area (Å²) in [6.45, 7) is 5.60. The van der Waals surface area contributed by atoms with Gasteiger partial charge in [0.25, 0.3) is 0 Å². The molecular weight excluding hydrogens is 334 g/mol. The third-order valence-corrected chi connectivity index (χ3v) is 4.66. The van der Waals surface area contributed by atoms with Crippen LogP contribution in [0.2, 0.25) is 5.02 Å². The molecule has 25 heavy (non-hydrogen) atoms. The highest BCUT2D eigenvalue weighted by molar-refractivity contribution is 6.30. The van der Waals surface area contributed by atoms with E-state index >= 15 is 0 Å². The van der Waals surface area contributed by atoms with Gasteiger partial charge in [-0.15, -0.1) is 0 Å². The van der Waals surface area contributed by atoms with Crippen molar-refractivity contribution in [3.8, 4) is 0 Å². The highest BCUT2D eigenvalue weighted by Gasteiger charge is 2.18. The second-order valence-electron chi connectivity index (χ2n) is 6.40. The first-order valence-electron chi connectivity index (χ1n) is 8.60. The molecule has 5 heteroatoms. The van der Waals surface area contributed by atoms with Crippen LogP contribution in [0.1, 0.15) is 48.6 Å². The number of pyridine rings is 1. The van der Waals surface area contributed by atoms with Crippen LogP contribution >= 0.6 is 11.6 Å². The van der Waals surface area contributed by atoms with Gasteiger partial charge in [-0.2, -0.15) is 0 Å². The van der Waals surface area contributed by atoms with Crippen LogP contribution in [0.4, 0.5) is 0 Å². The van der Waals surface area contributed by atoms with Crippen LogP contribution in [0.5, 0.6) is 0 Å². The number of Topliss-reactive ketones (excluding diaryl/α,β-unsaturated/α-hetero) is 1. The average Bonchev–Trinajstić information content (AvgIpc) is 2.98. The van der Waals surface area contributed by atoms with Crippen molar-refractivity contribution in [2.75, 3.05) is 6.54 Å². The monoisotopic (exact) mass is 355 g/mol. The maximum Gasteiger partial charge on any atom is 0.139 e. The second-order valence-corrected chi connectivity index (χ2v) is 6.84. The zero-order chi connectivity index (χ0) is 17.8. The Labute approximate surface area is 153 Å². The molecule has 3 rings (SSSR count). The quantitative estimate of drug-likeness (QED) is 0.854. The Bertz CT molecular complexity index is 799. The lowest BCUT2D eigenvalue weighted by Gasteiger charge is -2.11. The van der Waals surface area contributed by atoms with Crippen molar-refractivity contribution in [1.82, 2.24) is 10.3 Å². The van der Waals surface area contributed by atoms with Crippen LogP contribution in [0.25, 0.3) is 0 Å². The Kier molecular flexibility index (Phi) is 5.49. The van der Waals surface area contributed by atoms with Gasteiger partial charge in [-0.1, -0.05) is 30.7 Å². The highest BCUT2D eigenvalue weighted by atomic mass is 35.5. The van der Waals surface area contributed by atoms with Crippen molar-refractivity contribution in [3.63, 3.8) is 0 Å². The number of aliphatic imine (C=N–C) groups is 1. The van der Waals surface area contributed by atoms with Gasteiger partial charge in [-0.05, 0) is 42.2 Å². The summed E-state index contributed by atoms with van der Waals surface area (Å²) in [5, 5.41) is 3.95. The minimum atomic E-state index is 0.169. The molecule has 0 saturated carbocycles. The lowest BCUT2D eigenvalue weighted by Crippen LogP contribution is -2.22. The molecular formula is C20H22ClN3O. The molecule has 0 fully saturated rings. The van der Waals surface area contributed by atoms with E-state index in [1.54, 1.807) is 0 Å². The van der Waals surface area contributed by atoms with Gasteiger partial charge in [0.15, 0.2) is 0 Å². The van der Waals surface area contributed by atoms with E-state index in [0.29, 0.717) is 24.4 Å². The van der Waals surface area contributed by atoms with Crippen molar-refractivity contribution in [1.29, 1.82) is 0 Å². The molecule has 0 radical (unpaired) electrons. The first-order chi connectivity index (χ1) is 12.1. The van der Waals surface area contributed by atoms with Crippen LogP contribution in [0.15, 0.2) is 41.5 Å². The maximum atomic E-state index is 12.4. The molecule has 1 aliphatic heterocycles. The van der Waals surface area contributed by atoms with Crippen molar-refractivity contribution in [3.05, 3.63) is 63.9 Å². The third-order valence-electron chi connectivity index (χ3n) is 4.40. The molecule has 4 nitrogen and oxygen atoms in total. The summed E-state index contributed by atoms with van der Waals surface area (Å²) in [7, 11) is 0. The zero-order valence-electron chi connectivity index (χ0n) is 14.6. The lowest BCUT2D eigenvalue weighted by atomic mass is 9.94. The van der Waals surface area contributed by atoms with Crippen molar-refractivity contribution < 1.29 is 4.79 Å². The van der Waals surface area contributed by atoms with E-state index in [2.05, 4.69) is 22.2 Å². The summed E-state index contributed by atoms with van der Waals surface area (Å²) in [5.74, 6) is 1.27. The number of ketones is 1. The van der Waals surface area contributed by atoms with Gasteiger partial charge < -0.3 is 5.32 Å². The summed E-state index contributed by atoms with van der Waals surface area (Å²) in [4.78, 5) is 21.4. The molecule has 1 N–H and O–H groups in total. The predicted octanol–water partition coefficient (Wildman–Crippen LogP) is 3.91. The first kappa shape index (κ1) is 17.6. The summed E-state index contributed by atoms with van der Waals surface area (Å²) < 4.78 is 0. The molecule has 1 aromatic heterocycles. The van der Waals surface area contributed by atoms with Gasteiger partial charge in [-0.25, -0.2) is 0 Å². The molecule has 2 heterocycles. The number of amidine groups is 1. The number of carbonyl (C=O) groups is 1. The van der Waals surface area contributed by atoms with Crippen LogP contribution in [-0.4, -0.2) is 23.1 Å². The minimum Gasteiger partial charge on any atom is -0.370 e. The fraction of sp³-hybridized carbons (Fsp3) is 0.350. The number of halogens is 1. The molecule has 0 spiro atoms. The van der Waals surface area contributed by atoms with Crippen LogP contribution in [0.3, 0.4) is 0 Å². The number of nitrogens with one attached hydrogen (secondary N) is 1. The molecule has 0 amide bonds. The van der Waals surface area contributed by atoms with Crippen molar-refractivity contribution in [2.45, 2.75) is 39.2 Å². The SMILES string of the molecule is CCNC1=NCc2cc(CC(=O)C[C@H](C)c3ccc(Cl)cc3)ncc21. The van der Waals surface area contributed by atoms with Crippen molar-refractivity contribution in [2.24, 2.45) is 4.99 Å². The van der Waals surface area contributed by atoms with Crippen LogP contribution in [-0.2, 0) is 17.8 Å². The maximum absolute atomic E-state index is 12.4. The number of hydrogen-bond acceptors (Lipinski definition) is 4. The van der Waals surface area contributed by atoms with Gasteiger partial charge in [-0.3, -0.25) is 14.8 Å². The third kappa shape index (κ3) is 4.26. The number of fused-ring (bicyclic) bond motifs is 1. The lowest BCUT2D eigenvalue weighted by molar-refractivity contribution is -0.118. The Morgan fingerprint density at radius 2 is 2.08 bits per heavy atom. The Morgan fingerprint density at radius 1 is 1.32 bits per heavy atom. The Morgan fingerprint density at radius 3 is 2.80 bits per heavy atom. The van der Waals surface area contributed by atoms with E-state index in [-0.39, 0.29) is 11.7 Å². The summed E-state index contributed by atoms with van der Waals surface area (Å²) in [6.07, 6.45) is 2.69. The smallest absolute Gasteiger partial charge is 0.139 e. The number of hydrogen-bond donors (Lipinski definition) is 1. The average molecular weight is 356 g/mol. The Balaban J connectivity index is 1.61. The number of rotatable bonds is 6. The molecule has 1 aromatic carbocycles. The highest BCUT2D eigenvalue weighted by Crippen LogP contribution is 2.23. The van der Waals surface area contributed by atoms with E-state index in [0.717, 1.165) is 34.8 Å². The van der Waals surface area contributed by atoms with Gasteiger partial charge in [0, 0.05) is 41.9 Å². The zero-order valence-corrected chi connectivity index (χ0v) is 15.3. The van der Waals surface area contributed by atoms with Gasteiger partial charge >= 0.3 is 0 Å². The minimum absolute atomic E-state index is 0.169. The van der Waals surface area contributed by atoms with E-state index in [1.165, 1.54) is 0 Å². The second kappa shape index (κ2) is 7.79. The van der Waals surface area contributed by atoms with Gasteiger partial charge in [0.05, 0.1) is 6.54 Å². The standard InChI is InChI=1S/C20H22ClN3O/c1-3-22-20-19-12-23-17(9-15(19)11-24-20)10-18(25)8-13(2)14-4-6-16(21)7-5-14/h4-7,9,12-13H,3,8,10-11H2,1-2H3,(H,22,24)/t13-/m0/s1. The fourth-order valence-electron chi connectivity index (χ4n) is 3.08. The number of aromatic nitrogens is 1. The summed E-state index contributed by atoms with van der Waals surface area (Å²) >= 11 is 5.92. The summed E-state index contributed by atoms with van der Waals surface area (Å²) in [6, 6.07) is 9.69. The molecule has 1 atom stereocenters. The molecule has 1 aliphatic rings.